The highest BCUT2D eigenvalue weighted by Gasteiger charge is 2.46. The van der Waals surface area contributed by atoms with Gasteiger partial charge in [0.25, 0.3) is 0 Å². The molecule has 0 spiro atoms. The Morgan fingerprint density at radius 3 is 2.75 bits per heavy atom. The molecule has 2 heterocycles. The Balaban J connectivity index is 1.56. The van der Waals surface area contributed by atoms with Crippen molar-refractivity contribution in [2.24, 2.45) is 5.73 Å². The normalized spacial score (nSPS) is 25.9. The van der Waals surface area contributed by atoms with Gasteiger partial charge in [0.05, 0.1) is 5.37 Å². The second-order valence-electron chi connectivity index (χ2n) is 5.79. The van der Waals surface area contributed by atoms with Crippen LogP contribution in [0.3, 0.4) is 0 Å². The highest BCUT2D eigenvalue weighted by Crippen LogP contribution is 2.36. The maximum absolute atomic E-state index is 12.6. The number of nitrogens with two attached hydrogens (primary N) is 1. The number of carbonyl (C=O) groups is 3. The van der Waals surface area contributed by atoms with Gasteiger partial charge in [-0.3, -0.25) is 9.59 Å². The Labute approximate surface area is 143 Å². The zero-order valence-electron chi connectivity index (χ0n) is 13.0. The first kappa shape index (κ1) is 16.6. The fraction of sp³-hybridized carbons (Fsp3) is 0.438. The van der Waals surface area contributed by atoms with Crippen molar-refractivity contribution in [2.45, 2.75) is 36.9 Å². The number of benzene rings is 1. The van der Waals surface area contributed by atoms with E-state index in [4.69, 9.17) is 10.5 Å². The second kappa shape index (κ2) is 7.12. The minimum absolute atomic E-state index is 0.0339. The number of thioether (sulfide) groups is 1. The van der Waals surface area contributed by atoms with Gasteiger partial charge in [-0.05, 0) is 18.4 Å². The average Bonchev–Trinajstić information content (AvgIpc) is 3.02. The molecule has 0 saturated carbocycles. The molecule has 3 amide bonds. The monoisotopic (exact) mass is 349 g/mol. The summed E-state index contributed by atoms with van der Waals surface area (Å²) >= 11 is 1.56. The molecule has 1 aromatic rings. The number of amides is 3. The Kier molecular flexibility index (Phi) is 4.94. The number of rotatable bonds is 4. The fourth-order valence-corrected chi connectivity index (χ4v) is 4.40. The number of nitrogens with zero attached hydrogens (tertiary/aromatic N) is 1. The predicted molar refractivity (Wildman–Crippen MR) is 88.9 cm³/mol. The van der Waals surface area contributed by atoms with E-state index in [1.807, 2.05) is 30.3 Å². The van der Waals surface area contributed by atoms with Gasteiger partial charge in [0.1, 0.15) is 18.7 Å². The van der Waals surface area contributed by atoms with Crippen LogP contribution in [0.5, 0.6) is 0 Å². The number of fused-ring (bicyclic) bond motifs is 1. The molecule has 0 aromatic heterocycles. The SMILES string of the molecule is NC(=O)[C@H]1CS[C@@H]2CCC(NC(=O)OCc3ccccc3)C(=O)N12. The van der Waals surface area contributed by atoms with Crippen LogP contribution in [-0.2, 0) is 20.9 Å². The highest BCUT2D eigenvalue weighted by molar-refractivity contribution is 8.00. The van der Waals surface area contributed by atoms with Crippen LogP contribution in [0, 0.1) is 0 Å². The quantitative estimate of drug-likeness (QED) is 0.838. The van der Waals surface area contributed by atoms with Gasteiger partial charge in [-0.2, -0.15) is 0 Å². The molecule has 1 unspecified atom stereocenters. The van der Waals surface area contributed by atoms with Gasteiger partial charge < -0.3 is 20.7 Å². The molecule has 7 nitrogen and oxygen atoms in total. The lowest BCUT2D eigenvalue weighted by Crippen LogP contribution is -2.58. The highest BCUT2D eigenvalue weighted by atomic mass is 32.2. The number of nitrogens with one attached hydrogen (secondary N) is 1. The van der Waals surface area contributed by atoms with Crippen molar-refractivity contribution in [1.29, 1.82) is 0 Å². The van der Waals surface area contributed by atoms with E-state index in [0.717, 1.165) is 5.56 Å². The molecule has 2 aliphatic heterocycles. The molecule has 0 aliphatic carbocycles. The molecule has 1 aromatic carbocycles. The van der Waals surface area contributed by atoms with Crippen molar-refractivity contribution < 1.29 is 19.1 Å². The van der Waals surface area contributed by atoms with Crippen LogP contribution in [0.1, 0.15) is 18.4 Å². The molecule has 2 saturated heterocycles. The lowest BCUT2D eigenvalue weighted by Gasteiger charge is -2.36. The van der Waals surface area contributed by atoms with Crippen LogP contribution in [0.4, 0.5) is 4.79 Å². The molecule has 3 N–H and O–H groups in total. The van der Waals surface area contributed by atoms with Crippen LogP contribution in [0.15, 0.2) is 30.3 Å². The van der Waals surface area contributed by atoms with E-state index in [1.54, 1.807) is 11.8 Å². The van der Waals surface area contributed by atoms with Crippen LogP contribution in [-0.4, -0.2) is 46.0 Å². The Bertz CT molecular complexity index is 639. The number of hydrogen-bond acceptors (Lipinski definition) is 5. The van der Waals surface area contributed by atoms with Crippen LogP contribution < -0.4 is 11.1 Å². The summed E-state index contributed by atoms with van der Waals surface area (Å²) in [5.41, 5.74) is 6.24. The molecule has 128 valence electrons. The van der Waals surface area contributed by atoms with E-state index < -0.39 is 24.1 Å². The van der Waals surface area contributed by atoms with Crippen LogP contribution in [0.2, 0.25) is 0 Å². The molecule has 3 atom stereocenters. The van der Waals surface area contributed by atoms with E-state index in [0.29, 0.717) is 18.6 Å². The molecule has 0 radical (unpaired) electrons. The van der Waals surface area contributed by atoms with Gasteiger partial charge in [0.2, 0.25) is 11.8 Å². The Hall–Kier alpha value is -2.22. The zero-order chi connectivity index (χ0) is 17.1. The van der Waals surface area contributed by atoms with Crippen molar-refractivity contribution in [2.75, 3.05) is 5.75 Å². The van der Waals surface area contributed by atoms with E-state index >= 15 is 0 Å². The fourth-order valence-electron chi connectivity index (χ4n) is 2.95. The summed E-state index contributed by atoms with van der Waals surface area (Å²) in [6.45, 7) is 0.139. The summed E-state index contributed by atoms with van der Waals surface area (Å²) in [6.07, 6.45) is 0.598. The maximum atomic E-state index is 12.6. The molecule has 0 bridgehead atoms. The van der Waals surface area contributed by atoms with E-state index in [-0.39, 0.29) is 17.9 Å². The molecule has 3 rings (SSSR count). The van der Waals surface area contributed by atoms with Crippen LogP contribution >= 0.6 is 11.8 Å². The Morgan fingerprint density at radius 1 is 1.29 bits per heavy atom. The Morgan fingerprint density at radius 2 is 2.04 bits per heavy atom. The summed E-state index contributed by atoms with van der Waals surface area (Å²) in [7, 11) is 0. The number of carbonyl (C=O) groups excluding carboxylic acids is 3. The predicted octanol–water partition coefficient (Wildman–Crippen LogP) is 0.831. The van der Waals surface area contributed by atoms with Gasteiger partial charge in [0, 0.05) is 5.75 Å². The van der Waals surface area contributed by atoms with Gasteiger partial charge in [0.15, 0.2) is 0 Å². The lowest BCUT2D eigenvalue weighted by atomic mass is 10.0. The van der Waals surface area contributed by atoms with Gasteiger partial charge >= 0.3 is 6.09 Å². The molecular weight excluding hydrogens is 330 g/mol. The number of ether oxygens (including phenoxy) is 1. The number of piperidine rings is 1. The largest absolute Gasteiger partial charge is 0.445 e. The van der Waals surface area contributed by atoms with Crippen LogP contribution in [0.25, 0.3) is 0 Å². The first-order valence-electron chi connectivity index (χ1n) is 7.76. The van der Waals surface area contributed by atoms with Gasteiger partial charge in [-0.25, -0.2) is 4.79 Å². The first-order chi connectivity index (χ1) is 11.6. The van der Waals surface area contributed by atoms with Crippen molar-refractivity contribution in [3.05, 3.63) is 35.9 Å². The first-order valence-corrected chi connectivity index (χ1v) is 8.81. The lowest BCUT2D eigenvalue weighted by molar-refractivity contribution is -0.142. The van der Waals surface area contributed by atoms with E-state index in [9.17, 15) is 14.4 Å². The van der Waals surface area contributed by atoms with Crippen molar-refractivity contribution in [1.82, 2.24) is 10.2 Å². The minimum Gasteiger partial charge on any atom is -0.445 e. The standard InChI is InChI=1S/C16H19N3O4S/c17-14(20)12-9-24-13-7-6-11(15(21)19(12)13)18-16(22)23-8-10-4-2-1-3-5-10/h1-5,11-13H,6-9H2,(H2,17,20)(H,18,22)/t11?,12-,13-/m1/s1. The van der Waals surface area contributed by atoms with Crippen molar-refractivity contribution in [3.8, 4) is 0 Å². The number of primary amides is 1. The smallest absolute Gasteiger partial charge is 0.408 e. The van der Waals surface area contributed by atoms with Crippen molar-refractivity contribution >= 4 is 29.7 Å². The molecule has 8 heteroatoms. The summed E-state index contributed by atoms with van der Waals surface area (Å²) in [4.78, 5) is 37.5. The summed E-state index contributed by atoms with van der Waals surface area (Å²) in [5, 5.41) is 2.56. The topological polar surface area (TPSA) is 102 Å². The molecule has 2 fully saturated rings. The molecule has 2 aliphatic rings. The third kappa shape index (κ3) is 3.48. The van der Waals surface area contributed by atoms with Gasteiger partial charge in [-0.1, -0.05) is 30.3 Å². The summed E-state index contributed by atoms with van der Waals surface area (Å²) in [6, 6.07) is 8.02. The molecule has 24 heavy (non-hydrogen) atoms. The van der Waals surface area contributed by atoms with E-state index in [1.165, 1.54) is 4.90 Å². The number of hydrogen-bond donors (Lipinski definition) is 2. The third-order valence-electron chi connectivity index (χ3n) is 4.18. The zero-order valence-corrected chi connectivity index (χ0v) is 13.8. The maximum Gasteiger partial charge on any atom is 0.408 e. The third-order valence-corrected chi connectivity index (χ3v) is 5.54. The number of alkyl carbamates (subject to hydrolysis) is 1. The van der Waals surface area contributed by atoms with Crippen molar-refractivity contribution in [3.63, 3.8) is 0 Å². The summed E-state index contributed by atoms with van der Waals surface area (Å²) < 4.78 is 5.15. The minimum atomic E-state index is -0.676. The van der Waals surface area contributed by atoms with E-state index in [2.05, 4.69) is 5.32 Å². The second-order valence-corrected chi connectivity index (χ2v) is 7.00. The summed E-state index contributed by atoms with van der Waals surface area (Å²) in [5.74, 6) is -0.265. The molecular formula is C16H19N3O4S. The van der Waals surface area contributed by atoms with Gasteiger partial charge in [-0.15, -0.1) is 11.8 Å². The average molecular weight is 349 g/mol.